The number of hydrogen-bond donors (Lipinski definition) is 2. The van der Waals surface area contributed by atoms with Gasteiger partial charge in [0, 0.05) is 6.07 Å². The molecule has 2 rings (SSSR count). The van der Waals surface area contributed by atoms with Gasteiger partial charge in [0.1, 0.15) is 5.75 Å². The van der Waals surface area contributed by atoms with Crippen LogP contribution in [-0.2, 0) is 0 Å². The molecule has 0 saturated carbocycles. The van der Waals surface area contributed by atoms with E-state index < -0.39 is 17.1 Å². The summed E-state index contributed by atoms with van der Waals surface area (Å²) in [7, 11) is 0. The van der Waals surface area contributed by atoms with E-state index in [-0.39, 0.29) is 0 Å². The number of aromatic nitrogens is 3. The van der Waals surface area contributed by atoms with Gasteiger partial charge < -0.3 is 4.74 Å². The Kier molecular flexibility index (Phi) is 4.76. The summed E-state index contributed by atoms with van der Waals surface area (Å²) in [6.07, 6.45) is 3.13. The number of nitrogens with one attached hydrogen (secondary N) is 2. The first-order valence-corrected chi connectivity index (χ1v) is 6.80. The van der Waals surface area contributed by atoms with Crippen molar-refractivity contribution in [2.75, 3.05) is 6.61 Å². The van der Waals surface area contributed by atoms with Crippen molar-refractivity contribution < 1.29 is 4.74 Å². The Morgan fingerprint density at radius 2 is 1.81 bits per heavy atom. The molecule has 0 aliphatic rings. The Bertz CT molecular complexity index is 738. The van der Waals surface area contributed by atoms with Gasteiger partial charge in [-0.15, -0.1) is 0 Å². The van der Waals surface area contributed by atoms with Gasteiger partial charge in [-0.25, -0.2) is 19.0 Å². The van der Waals surface area contributed by atoms with Gasteiger partial charge in [0.2, 0.25) is 0 Å². The van der Waals surface area contributed by atoms with Crippen molar-refractivity contribution in [2.45, 2.75) is 26.2 Å². The van der Waals surface area contributed by atoms with Crippen LogP contribution < -0.4 is 21.8 Å². The summed E-state index contributed by atoms with van der Waals surface area (Å²) < 4.78 is 6.42. The molecule has 0 saturated heterocycles. The van der Waals surface area contributed by atoms with Crippen LogP contribution in [0, 0.1) is 0 Å². The van der Waals surface area contributed by atoms with E-state index in [0.717, 1.165) is 23.8 Å². The van der Waals surface area contributed by atoms with E-state index in [1.165, 1.54) is 0 Å². The number of aromatic amines is 2. The molecule has 0 spiro atoms. The van der Waals surface area contributed by atoms with E-state index in [2.05, 4.69) is 6.92 Å². The molecule has 0 aliphatic heterocycles. The van der Waals surface area contributed by atoms with Crippen molar-refractivity contribution in [3.8, 4) is 11.4 Å². The maximum absolute atomic E-state index is 11.7. The van der Waals surface area contributed by atoms with Crippen LogP contribution in [0.2, 0.25) is 0 Å². The Morgan fingerprint density at radius 1 is 1.10 bits per heavy atom. The van der Waals surface area contributed by atoms with Crippen LogP contribution in [0.4, 0.5) is 0 Å². The highest BCUT2D eigenvalue weighted by Gasteiger charge is 2.06. The third-order valence-electron chi connectivity index (χ3n) is 2.94. The molecular weight excluding hydrogens is 274 g/mol. The molecule has 0 radical (unpaired) electrons. The number of hydrogen-bond acceptors (Lipinski definition) is 4. The topological polar surface area (TPSA) is 96.9 Å². The molecule has 0 unspecified atom stereocenters. The highest BCUT2D eigenvalue weighted by molar-refractivity contribution is 5.38. The predicted octanol–water partition coefficient (Wildman–Crippen LogP) is 0.783. The highest BCUT2D eigenvalue weighted by Crippen LogP contribution is 2.15. The average molecular weight is 291 g/mol. The first-order valence-electron chi connectivity index (χ1n) is 6.80. The zero-order valence-corrected chi connectivity index (χ0v) is 11.7. The predicted molar refractivity (Wildman–Crippen MR) is 78.3 cm³/mol. The smallest absolute Gasteiger partial charge is 0.338 e. The molecular formula is C14H17N3O4. The van der Waals surface area contributed by atoms with Crippen LogP contribution in [0.1, 0.15) is 26.2 Å². The molecule has 2 aromatic rings. The van der Waals surface area contributed by atoms with Gasteiger partial charge in [-0.3, -0.25) is 9.97 Å². The van der Waals surface area contributed by atoms with Crippen LogP contribution in [0.3, 0.4) is 0 Å². The number of rotatable bonds is 6. The van der Waals surface area contributed by atoms with Crippen LogP contribution in [0.15, 0.2) is 38.6 Å². The van der Waals surface area contributed by atoms with Crippen molar-refractivity contribution in [2.24, 2.45) is 0 Å². The third kappa shape index (κ3) is 3.71. The maximum atomic E-state index is 11.7. The number of benzene rings is 1. The molecule has 7 nitrogen and oxygen atoms in total. The summed E-state index contributed by atoms with van der Waals surface area (Å²) >= 11 is 0. The lowest BCUT2D eigenvalue weighted by atomic mass is 10.2. The van der Waals surface area contributed by atoms with Crippen molar-refractivity contribution in [1.82, 2.24) is 14.5 Å². The van der Waals surface area contributed by atoms with Crippen LogP contribution in [0.5, 0.6) is 5.75 Å². The minimum Gasteiger partial charge on any atom is -0.494 e. The fraction of sp³-hybridized carbons (Fsp3) is 0.357. The van der Waals surface area contributed by atoms with E-state index in [4.69, 9.17) is 4.74 Å². The van der Waals surface area contributed by atoms with E-state index in [1.54, 1.807) is 24.3 Å². The summed E-state index contributed by atoms with van der Waals surface area (Å²) in [5.41, 5.74) is -2.06. The minimum atomic E-state index is -0.826. The number of unbranched alkanes of at least 4 members (excludes halogenated alkanes) is 2. The van der Waals surface area contributed by atoms with Crippen molar-refractivity contribution >= 4 is 0 Å². The molecule has 0 aliphatic carbocycles. The number of ether oxygens (including phenoxy) is 1. The van der Waals surface area contributed by atoms with E-state index in [1.807, 2.05) is 9.97 Å². The Hall–Kier alpha value is -2.57. The molecule has 0 fully saturated rings. The van der Waals surface area contributed by atoms with Crippen molar-refractivity contribution in [3.63, 3.8) is 0 Å². The molecule has 2 N–H and O–H groups in total. The fourth-order valence-corrected chi connectivity index (χ4v) is 1.92. The van der Waals surface area contributed by atoms with Gasteiger partial charge in [-0.2, -0.15) is 0 Å². The van der Waals surface area contributed by atoms with E-state index in [0.29, 0.717) is 18.0 Å². The molecule has 112 valence electrons. The van der Waals surface area contributed by atoms with Crippen molar-refractivity contribution in [3.05, 3.63) is 55.7 Å². The zero-order chi connectivity index (χ0) is 15.2. The van der Waals surface area contributed by atoms with Crippen molar-refractivity contribution in [1.29, 1.82) is 0 Å². The number of H-pyrrole nitrogens is 2. The first kappa shape index (κ1) is 14.8. The standard InChI is InChI=1S/C14H17N3O4/c1-2-3-4-8-21-11-7-5-6-10(9-11)17-13(19)15-12(18)16-14(17)20/h5-7,9H,2-4,8H2,1H3,(H2,15,16,18,19,20). The van der Waals surface area contributed by atoms with Gasteiger partial charge in [-0.1, -0.05) is 25.8 Å². The quantitative estimate of drug-likeness (QED) is 0.769. The Balaban J connectivity index is 2.28. The lowest BCUT2D eigenvalue weighted by Crippen LogP contribution is -2.42. The van der Waals surface area contributed by atoms with Gasteiger partial charge >= 0.3 is 17.1 Å². The lowest BCUT2D eigenvalue weighted by Gasteiger charge is -2.08. The van der Waals surface area contributed by atoms with Gasteiger partial charge in [0.25, 0.3) is 0 Å². The largest absolute Gasteiger partial charge is 0.494 e. The minimum absolute atomic E-state index is 0.338. The second-order valence-corrected chi connectivity index (χ2v) is 4.58. The summed E-state index contributed by atoms with van der Waals surface area (Å²) in [5, 5.41) is 0. The van der Waals surface area contributed by atoms with Gasteiger partial charge in [0.05, 0.1) is 12.3 Å². The Labute approximate surface area is 120 Å². The molecule has 1 aromatic carbocycles. The van der Waals surface area contributed by atoms with Crippen LogP contribution >= 0.6 is 0 Å². The fourth-order valence-electron chi connectivity index (χ4n) is 1.92. The normalized spacial score (nSPS) is 10.5. The molecule has 7 heteroatoms. The molecule has 0 amide bonds. The Morgan fingerprint density at radius 3 is 2.48 bits per heavy atom. The molecule has 1 aromatic heterocycles. The van der Waals surface area contributed by atoms with Gasteiger partial charge in [-0.05, 0) is 18.6 Å². The first-order chi connectivity index (χ1) is 10.1. The maximum Gasteiger partial charge on any atom is 0.338 e. The average Bonchev–Trinajstić information content (AvgIpc) is 2.43. The van der Waals surface area contributed by atoms with E-state index >= 15 is 0 Å². The van der Waals surface area contributed by atoms with Crippen LogP contribution in [0.25, 0.3) is 5.69 Å². The third-order valence-corrected chi connectivity index (χ3v) is 2.94. The molecule has 1 heterocycles. The highest BCUT2D eigenvalue weighted by atomic mass is 16.5. The zero-order valence-electron chi connectivity index (χ0n) is 11.7. The van der Waals surface area contributed by atoms with E-state index in [9.17, 15) is 14.4 Å². The summed E-state index contributed by atoms with van der Waals surface area (Å²) in [6, 6.07) is 6.61. The molecule has 0 bridgehead atoms. The lowest BCUT2D eigenvalue weighted by molar-refractivity contribution is 0.306. The number of nitrogens with zero attached hydrogens (tertiary/aromatic N) is 1. The molecule has 0 atom stereocenters. The second kappa shape index (κ2) is 6.74. The summed E-state index contributed by atoms with van der Waals surface area (Å²) in [5.74, 6) is 0.570. The summed E-state index contributed by atoms with van der Waals surface area (Å²) in [4.78, 5) is 38.5. The van der Waals surface area contributed by atoms with Gasteiger partial charge in [0.15, 0.2) is 0 Å². The summed E-state index contributed by atoms with van der Waals surface area (Å²) in [6.45, 7) is 2.68. The monoisotopic (exact) mass is 291 g/mol. The van der Waals surface area contributed by atoms with Crippen LogP contribution in [-0.4, -0.2) is 21.1 Å². The SMILES string of the molecule is CCCCCOc1cccc(-n2c(=O)[nH]c(=O)[nH]c2=O)c1. The molecule has 21 heavy (non-hydrogen) atoms. The second-order valence-electron chi connectivity index (χ2n) is 4.58.